The monoisotopic (exact) mass is 243 g/mol. The minimum atomic E-state index is 0.856. The van der Waals surface area contributed by atoms with Gasteiger partial charge in [-0.1, -0.05) is 30.3 Å². The fourth-order valence-corrected chi connectivity index (χ4v) is 1.99. The van der Waals surface area contributed by atoms with Crippen LogP contribution >= 0.6 is 0 Å². The van der Waals surface area contributed by atoms with Crippen LogP contribution < -0.4 is 5.32 Å². The van der Waals surface area contributed by atoms with Crippen LogP contribution in [0.15, 0.2) is 42.7 Å². The molecule has 0 aliphatic carbocycles. The summed E-state index contributed by atoms with van der Waals surface area (Å²) in [4.78, 5) is 4.28. The van der Waals surface area contributed by atoms with Gasteiger partial charge >= 0.3 is 0 Å². The molecule has 1 heterocycles. The summed E-state index contributed by atoms with van der Waals surface area (Å²) in [6.45, 7) is 1.91. The summed E-state index contributed by atoms with van der Waals surface area (Å²) < 4.78 is 2.05. The topological polar surface area (TPSA) is 29.9 Å². The summed E-state index contributed by atoms with van der Waals surface area (Å²) in [7, 11) is 2.03. The minimum Gasteiger partial charge on any atom is -0.337 e. The van der Waals surface area contributed by atoms with Gasteiger partial charge in [0.1, 0.15) is 5.82 Å². The van der Waals surface area contributed by atoms with E-state index in [0.717, 1.165) is 18.9 Å². The predicted molar refractivity (Wildman–Crippen MR) is 74.3 cm³/mol. The van der Waals surface area contributed by atoms with Crippen molar-refractivity contribution in [2.45, 2.75) is 25.8 Å². The molecule has 0 saturated carbocycles. The molecule has 0 unspecified atom stereocenters. The third-order valence-corrected chi connectivity index (χ3v) is 3.12. The second kappa shape index (κ2) is 6.97. The standard InChI is InChI=1S/C15H21N3/c1-18-12-11-17-15(18)13-16-10-6-5-9-14-7-3-2-4-8-14/h2-4,7-8,11-12,16H,5-6,9-10,13H2,1H3. The van der Waals surface area contributed by atoms with E-state index in [1.54, 1.807) is 0 Å². The first-order valence-corrected chi connectivity index (χ1v) is 6.57. The molecule has 0 fully saturated rings. The van der Waals surface area contributed by atoms with E-state index in [4.69, 9.17) is 0 Å². The molecule has 1 N–H and O–H groups in total. The molecular formula is C15H21N3. The molecule has 2 rings (SSSR count). The van der Waals surface area contributed by atoms with Gasteiger partial charge in [0.25, 0.3) is 0 Å². The lowest BCUT2D eigenvalue weighted by atomic mass is 10.1. The SMILES string of the molecule is Cn1ccnc1CNCCCCc1ccccc1. The molecule has 0 saturated heterocycles. The second-order valence-electron chi connectivity index (χ2n) is 4.57. The molecule has 0 aliphatic heterocycles. The number of nitrogens with zero attached hydrogens (tertiary/aromatic N) is 2. The average molecular weight is 243 g/mol. The van der Waals surface area contributed by atoms with E-state index >= 15 is 0 Å². The Balaban J connectivity index is 1.56. The molecule has 0 aliphatic rings. The van der Waals surface area contributed by atoms with Crippen molar-refractivity contribution in [3.63, 3.8) is 0 Å². The highest BCUT2D eigenvalue weighted by Crippen LogP contribution is 2.03. The van der Waals surface area contributed by atoms with Crippen molar-refractivity contribution in [1.82, 2.24) is 14.9 Å². The van der Waals surface area contributed by atoms with Gasteiger partial charge in [0.05, 0.1) is 6.54 Å². The van der Waals surface area contributed by atoms with Gasteiger partial charge in [-0.15, -0.1) is 0 Å². The maximum atomic E-state index is 4.28. The van der Waals surface area contributed by atoms with Crippen LogP contribution in [0.1, 0.15) is 24.2 Å². The number of aromatic nitrogens is 2. The van der Waals surface area contributed by atoms with E-state index in [1.165, 1.54) is 24.8 Å². The molecular weight excluding hydrogens is 222 g/mol. The molecule has 3 heteroatoms. The average Bonchev–Trinajstić information content (AvgIpc) is 2.81. The lowest BCUT2D eigenvalue weighted by Crippen LogP contribution is -2.17. The van der Waals surface area contributed by atoms with Gasteiger partial charge in [0.15, 0.2) is 0 Å². The number of hydrogen-bond acceptors (Lipinski definition) is 2. The van der Waals surface area contributed by atoms with E-state index in [9.17, 15) is 0 Å². The van der Waals surface area contributed by atoms with E-state index in [2.05, 4.69) is 45.2 Å². The van der Waals surface area contributed by atoms with Crippen LogP contribution in [0.5, 0.6) is 0 Å². The van der Waals surface area contributed by atoms with Crippen molar-refractivity contribution in [2.75, 3.05) is 6.54 Å². The summed E-state index contributed by atoms with van der Waals surface area (Å²) in [5, 5.41) is 3.43. The first-order chi connectivity index (χ1) is 8.86. The molecule has 0 atom stereocenters. The Kier molecular flexibility index (Phi) is 4.97. The largest absolute Gasteiger partial charge is 0.337 e. The number of aryl methyl sites for hydroxylation is 2. The third kappa shape index (κ3) is 4.00. The highest BCUT2D eigenvalue weighted by molar-refractivity contribution is 5.14. The smallest absolute Gasteiger partial charge is 0.122 e. The zero-order valence-electron chi connectivity index (χ0n) is 11.0. The molecule has 0 amide bonds. The summed E-state index contributed by atoms with van der Waals surface area (Å²) in [5.74, 6) is 1.10. The van der Waals surface area contributed by atoms with Crippen LogP contribution in [-0.2, 0) is 20.0 Å². The van der Waals surface area contributed by atoms with Crippen LogP contribution in [0.3, 0.4) is 0 Å². The van der Waals surface area contributed by atoms with Crippen LogP contribution in [0.4, 0.5) is 0 Å². The molecule has 2 aromatic rings. The summed E-state index contributed by atoms with van der Waals surface area (Å²) in [6, 6.07) is 10.7. The van der Waals surface area contributed by atoms with Crippen molar-refractivity contribution in [3.8, 4) is 0 Å². The van der Waals surface area contributed by atoms with Crippen molar-refractivity contribution in [1.29, 1.82) is 0 Å². The van der Waals surface area contributed by atoms with Gasteiger partial charge in [-0.2, -0.15) is 0 Å². The molecule has 0 radical (unpaired) electrons. The fourth-order valence-electron chi connectivity index (χ4n) is 1.99. The summed E-state index contributed by atoms with van der Waals surface area (Å²) in [5.41, 5.74) is 1.43. The molecule has 3 nitrogen and oxygen atoms in total. The number of nitrogens with one attached hydrogen (secondary N) is 1. The molecule has 0 bridgehead atoms. The quantitative estimate of drug-likeness (QED) is 0.757. The summed E-state index contributed by atoms with van der Waals surface area (Å²) >= 11 is 0. The number of hydrogen-bond donors (Lipinski definition) is 1. The normalized spacial score (nSPS) is 10.7. The Hall–Kier alpha value is -1.61. The fraction of sp³-hybridized carbons (Fsp3) is 0.400. The van der Waals surface area contributed by atoms with Crippen LogP contribution in [0.25, 0.3) is 0 Å². The Bertz CT molecular complexity index is 448. The first-order valence-electron chi connectivity index (χ1n) is 6.57. The van der Waals surface area contributed by atoms with Crippen molar-refractivity contribution < 1.29 is 0 Å². The molecule has 1 aromatic heterocycles. The van der Waals surface area contributed by atoms with E-state index in [-0.39, 0.29) is 0 Å². The number of rotatable bonds is 7. The van der Waals surface area contributed by atoms with Gasteiger partial charge in [0, 0.05) is 19.4 Å². The van der Waals surface area contributed by atoms with Crippen molar-refractivity contribution in [2.24, 2.45) is 7.05 Å². The lowest BCUT2D eigenvalue weighted by Gasteiger charge is -2.05. The Morgan fingerprint density at radius 2 is 2.00 bits per heavy atom. The second-order valence-corrected chi connectivity index (χ2v) is 4.57. The minimum absolute atomic E-state index is 0.856. The van der Waals surface area contributed by atoms with E-state index in [1.807, 2.05) is 19.4 Å². The van der Waals surface area contributed by atoms with Crippen molar-refractivity contribution >= 4 is 0 Å². The lowest BCUT2D eigenvalue weighted by molar-refractivity contribution is 0.596. The van der Waals surface area contributed by atoms with E-state index < -0.39 is 0 Å². The zero-order chi connectivity index (χ0) is 12.6. The highest BCUT2D eigenvalue weighted by Gasteiger charge is 1.97. The number of benzene rings is 1. The number of imidazole rings is 1. The van der Waals surface area contributed by atoms with Crippen LogP contribution in [-0.4, -0.2) is 16.1 Å². The van der Waals surface area contributed by atoms with Crippen molar-refractivity contribution in [3.05, 3.63) is 54.1 Å². The molecule has 0 spiro atoms. The van der Waals surface area contributed by atoms with Gasteiger partial charge in [-0.25, -0.2) is 4.98 Å². The van der Waals surface area contributed by atoms with Gasteiger partial charge in [0.2, 0.25) is 0 Å². The van der Waals surface area contributed by atoms with Crippen LogP contribution in [0, 0.1) is 0 Å². The Morgan fingerprint density at radius 3 is 2.72 bits per heavy atom. The molecule has 96 valence electrons. The van der Waals surface area contributed by atoms with E-state index in [0.29, 0.717) is 0 Å². The zero-order valence-corrected chi connectivity index (χ0v) is 11.0. The van der Waals surface area contributed by atoms with Gasteiger partial charge in [-0.05, 0) is 31.4 Å². The maximum absolute atomic E-state index is 4.28. The highest BCUT2D eigenvalue weighted by atomic mass is 15.1. The maximum Gasteiger partial charge on any atom is 0.122 e. The van der Waals surface area contributed by atoms with Gasteiger partial charge < -0.3 is 9.88 Å². The Labute approximate surface area is 109 Å². The Morgan fingerprint density at radius 1 is 1.17 bits per heavy atom. The van der Waals surface area contributed by atoms with Gasteiger partial charge in [-0.3, -0.25) is 0 Å². The summed E-state index contributed by atoms with van der Waals surface area (Å²) in [6.07, 6.45) is 7.43. The predicted octanol–water partition coefficient (Wildman–Crippen LogP) is 2.53. The molecule has 1 aromatic carbocycles. The third-order valence-electron chi connectivity index (χ3n) is 3.12. The first kappa shape index (κ1) is 12.8. The molecule has 18 heavy (non-hydrogen) atoms. The number of unbranched alkanes of at least 4 members (excludes halogenated alkanes) is 1. The van der Waals surface area contributed by atoms with Crippen LogP contribution in [0.2, 0.25) is 0 Å².